The fourth-order valence-electron chi connectivity index (χ4n) is 4.32. The van der Waals surface area contributed by atoms with Crippen molar-refractivity contribution in [1.82, 2.24) is 4.98 Å². The lowest BCUT2D eigenvalue weighted by Gasteiger charge is -2.20. The van der Waals surface area contributed by atoms with E-state index in [4.69, 9.17) is 9.47 Å². The molecule has 4 nitrogen and oxygen atoms in total. The Kier molecular flexibility index (Phi) is 4.75. The molecule has 0 saturated heterocycles. The second-order valence-corrected chi connectivity index (χ2v) is 8.03. The van der Waals surface area contributed by atoms with E-state index in [9.17, 15) is 4.79 Å². The molecule has 132 valence electrons. The molecule has 0 aliphatic heterocycles. The van der Waals surface area contributed by atoms with Crippen LogP contribution in [0.15, 0.2) is 29.6 Å². The molecule has 2 aliphatic rings. The minimum absolute atomic E-state index is 0.0755. The van der Waals surface area contributed by atoms with Crippen molar-refractivity contribution >= 4 is 17.3 Å². The van der Waals surface area contributed by atoms with Gasteiger partial charge in [-0.05, 0) is 49.1 Å². The quantitative estimate of drug-likeness (QED) is 0.704. The Morgan fingerprint density at radius 2 is 2.24 bits per heavy atom. The molecule has 1 aromatic heterocycles. The number of hydrogen-bond acceptors (Lipinski definition) is 5. The van der Waals surface area contributed by atoms with Crippen LogP contribution in [0.3, 0.4) is 0 Å². The van der Waals surface area contributed by atoms with Gasteiger partial charge in [0.1, 0.15) is 17.4 Å². The first-order chi connectivity index (χ1) is 12.2. The Hall–Kier alpha value is -1.88. The van der Waals surface area contributed by atoms with Crippen LogP contribution in [0.5, 0.6) is 5.75 Å². The maximum atomic E-state index is 12.1. The van der Waals surface area contributed by atoms with E-state index < -0.39 is 0 Å². The van der Waals surface area contributed by atoms with Gasteiger partial charge >= 0.3 is 5.97 Å². The van der Waals surface area contributed by atoms with Crippen molar-refractivity contribution in [3.05, 3.63) is 35.3 Å². The van der Waals surface area contributed by atoms with E-state index in [2.05, 4.69) is 4.98 Å². The molecule has 2 saturated carbocycles. The summed E-state index contributed by atoms with van der Waals surface area (Å²) in [5.74, 6) is 2.91. The van der Waals surface area contributed by atoms with E-state index >= 15 is 0 Å². The van der Waals surface area contributed by atoms with Gasteiger partial charge in [0, 0.05) is 17.4 Å². The number of nitrogens with zero attached hydrogens (tertiary/aromatic N) is 1. The summed E-state index contributed by atoms with van der Waals surface area (Å²) in [7, 11) is 1.65. The van der Waals surface area contributed by atoms with E-state index in [1.165, 1.54) is 25.7 Å². The topological polar surface area (TPSA) is 48.4 Å². The number of benzene rings is 1. The summed E-state index contributed by atoms with van der Waals surface area (Å²) in [5, 5.41) is 2.87. The molecule has 0 amide bonds. The van der Waals surface area contributed by atoms with Crippen LogP contribution >= 0.6 is 11.3 Å². The zero-order valence-electron chi connectivity index (χ0n) is 14.4. The van der Waals surface area contributed by atoms with Crippen molar-refractivity contribution in [3.63, 3.8) is 0 Å². The van der Waals surface area contributed by atoms with Crippen LogP contribution in [0.25, 0.3) is 10.6 Å². The number of carbonyl (C=O) groups excluding carboxylic acids is 1. The molecule has 25 heavy (non-hydrogen) atoms. The Balaban J connectivity index is 1.31. The van der Waals surface area contributed by atoms with Crippen molar-refractivity contribution in [2.24, 2.45) is 17.8 Å². The van der Waals surface area contributed by atoms with Gasteiger partial charge in [0.2, 0.25) is 0 Å². The standard InChI is InChI=1S/C20H23NO3S/c1-23-18-4-2-3-15(9-18)20-21-17(12-25-20)11-24-19(22)10-16-8-13-5-6-14(16)7-13/h2-4,9,12-14,16H,5-8,10-11H2,1H3/t13-,14+,16+/m0/s1. The van der Waals surface area contributed by atoms with E-state index in [0.717, 1.165) is 33.9 Å². The molecule has 4 rings (SSSR count). The van der Waals surface area contributed by atoms with Gasteiger partial charge in [0.25, 0.3) is 0 Å². The minimum Gasteiger partial charge on any atom is -0.497 e. The first-order valence-corrected chi connectivity index (χ1v) is 9.83. The largest absolute Gasteiger partial charge is 0.497 e. The lowest BCUT2D eigenvalue weighted by molar-refractivity contribution is -0.146. The minimum atomic E-state index is -0.0755. The smallest absolute Gasteiger partial charge is 0.306 e. The predicted octanol–water partition coefficient (Wildman–Crippen LogP) is 4.69. The van der Waals surface area contributed by atoms with Crippen molar-refractivity contribution in [1.29, 1.82) is 0 Å². The fourth-order valence-corrected chi connectivity index (χ4v) is 5.12. The van der Waals surface area contributed by atoms with Crippen molar-refractivity contribution in [3.8, 4) is 16.3 Å². The number of ether oxygens (including phenoxy) is 2. The summed E-state index contributed by atoms with van der Waals surface area (Å²) in [6.07, 6.45) is 5.79. The molecule has 2 aromatic rings. The van der Waals surface area contributed by atoms with Crippen molar-refractivity contribution < 1.29 is 14.3 Å². The first-order valence-electron chi connectivity index (χ1n) is 8.95. The molecule has 0 N–H and O–H groups in total. The number of esters is 1. The third kappa shape index (κ3) is 3.71. The zero-order chi connectivity index (χ0) is 17.2. The molecule has 5 heteroatoms. The Bertz CT molecular complexity index is 757. The van der Waals surface area contributed by atoms with Gasteiger partial charge in [0.15, 0.2) is 0 Å². The van der Waals surface area contributed by atoms with Crippen LogP contribution < -0.4 is 4.74 Å². The van der Waals surface area contributed by atoms with Gasteiger partial charge in [-0.2, -0.15) is 0 Å². The highest BCUT2D eigenvalue weighted by Gasteiger charge is 2.40. The molecular weight excluding hydrogens is 334 g/mol. The Morgan fingerprint density at radius 1 is 1.32 bits per heavy atom. The summed E-state index contributed by atoms with van der Waals surface area (Å²) in [6, 6.07) is 7.83. The number of thiazole rings is 1. The zero-order valence-corrected chi connectivity index (χ0v) is 15.3. The van der Waals surface area contributed by atoms with Crippen LogP contribution in [-0.4, -0.2) is 18.1 Å². The van der Waals surface area contributed by atoms with Crippen LogP contribution in [-0.2, 0) is 16.1 Å². The highest BCUT2D eigenvalue weighted by atomic mass is 32.1. The first kappa shape index (κ1) is 16.6. The molecule has 1 aromatic carbocycles. The predicted molar refractivity (Wildman–Crippen MR) is 97.5 cm³/mol. The maximum absolute atomic E-state index is 12.1. The Labute approximate surface area is 152 Å². The van der Waals surface area contributed by atoms with Gasteiger partial charge in [-0.1, -0.05) is 18.6 Å². The fraction of sp³-hybridized carbons (Fsp3) is 0.500. The normalized spacial score (nSPS) is 24.4. The molecule has 0 unspecified atom stereocenters. The van der Waals surface area contributed by atoms with Crippen LogP contribution in [0.4, 0.5) is 0 Å². The lowest BCUT2D eigenvalue weighted by atomic mass is 9.86. The molecule has 3 atom stereocenters. The van der Waals surface area contributed by atoms with E-state index in [1.54, 1.807) is 18.4 Å². The van der Waals surface area contributed by atoms with Crippen LogP contribution in [0.1, 0.15) is 37.8 Å². The average molecular weight is 357 g/mol. The van der Waals surface area contributed by atoms with Gasteiger partial charge < -0.3 is 9.47 Å². The molecule has 2 aliphatic carbocycles. The second kappa shape index (κ2) is 7.16. The summed E-state index contributed by atoms with van der Waals surface area (Å²) >= 11 is 1.56. The monoisotopic (exact) mass is 357 g/mol. The van der Waals surface area contributed by atoms with E-state index in [0.29, 0.717) is 12.3 Å². The number of carbonyl (C=O) groups is 1. The second-order valence-electron chi connectivity index (χ2n) is 7.18. The number of rotatable bonds is 6. The lowest BCUT2D eigenvalue weighted by Crippen LogP contribution is -2.17. The average Bonchev–Trinajstić information content (AvgIpc) is 3.37. The van der Waals surface area contributed by atoms with Gasteiger partial charge in [0.05, 0.1) is 12.8 Å². The Morgan fingerprint density at radius 3 is 3.00 bits per heavy atom. The van der Waals surface area contributed by atoms with Gasteiger partial charge in [-0.15, -0.1) is 11.3 Å². The van der Waals surface area contributed by atoms with Crippen LogP contribution in [0.2, 0.25) is 0 Å². The summed E-state index contributed by atoms with van der Waals surface area (Å²) in [5.41, 5.74) is 1.83. The third-order valence-electron chi connectivity index (χ3n) is 5.56. The maximum Gasteiger partial charge on any atom is 0.306 e. The summed E-state index contributed by atoms with van der Waals surface area (Å²) in [6.45, 7) is 0.264. The number of aromatic nitrogens is 1. The van der Waals surface area contributed by atoms with Gasteiger partial charge in [-0.3, -0.25) is 4.79 Å². The number of methoxy groups -OCH3 is 1. The van der Waals surface area contributed by atoms with E-state index in [-0.39, 0.29) is 12.6 Å². The van der Waals surface area contributed by atoms with E-state index in [1.807, 2.05) is 29.6 Å². The number of hydrogen-bond donors (Lipinski definition) is 0. The molecule has 1 heterocycles. The molecule has 2 bridgehead atoms. The SMILES string of the molecule is COc1cccc(-c2nc(COC(=O)C[C@H]3C[C@H]4CC[C@@H]3C4)cs2)c1. The molecular formula is C20H23NO3S. The highest BCUT2D eigenvalue weighted by Crippen LogP contribution is 2.49. The van der Waals surface area contributed by atoms with Gasteiger partial charge in [-0.25, -0.2) is 4.98 Å². The summed E-state index contributed by atoms with van der Waals surface area (Å²) in [4.78, 5) is 16.7. The molecule has 0 spiro atoms. The number of fused-ring (bicyclic) bond motifs is 2. The van der Waals surface area contributed by atoms with Crippen molar-refractivity contribution in [2.45, 2.75) is 38.7 Å². The summed E-state index contributed by atoms with van der Waals surface area (Å²) < 4.78 is 10.7. The molecule has 0 radical (unpaired) electrons. The molecule has 2 fully saturated rings. The van der Waals surface area contributed by atoms with Crippen LogP contribution in [0, 0.1) is 17.8 Å². The highest BCUT2D eigenvalue weighted by molar-refractivity contribution is 7.13. The van der Waals surface area contributed by atoms with Crippen molar-refractivity contribution in [2.75, 3.05) is 7.11 Å². The third-order valence-corrected chi connectivity index (χ3v) is 6.50.